The van der Waals surface area contributed by atoms with Crippen molar-refractivity contribution in [1.82, 2.24) is 9.97 Å². The molecule has 0 unspecified atom stereocenters. The summed E-state index contributed by atoms with van der Waals surface area (Å²) in [5.74, 6) is 0. The van der Waals surface area contributed by atoms with Crippen LogP contribution in [0.15, 0.2) is 134 Å². The lowest BCUT2D eigenvalue weighted by molar-refractivity contribution is 1.31. The Balaban J connectivity index is 1.28. The van der Waals surface area contributed by atoms with E-state index in [1.807, 2.05) is 17.5 Å². The molecule has 0 bridgehead atoms. The van der Waals surface area contributed by atoms with E-state index in [0.717, 1.165) is 33.1 Å². The maximum Gasteiger partial charge on any atom is 0.0979 e. The van der Waals surface area contributed by atoms with Crippen LogP contribution in [0.4, 0.5) is 0 Å². The second-order valence-electron chi connectivity index (χ2n) is 10.6. The van der Waals surface area contributed by atoms with Crippen molar-refractivity contribution in [2.75, 3.05) is 0 Å². The van der Waals surface area contributed by atoms with Gasteiger partial charge in [0.2, 0.25) is 0 Å². The fourth-order valence-corrected chi connectivity index (χ4v) is 7.51. The SMILES string of the molecule is c1ccc2c(c1)sc1ccc(-c3ccc(-c4cnc5c6ccccc6c6ccccc6c5n4)c4ccccc34)cc12. The van der Waals surface area contributed by atoms with Crippen molar-refractivity contribution in [2.24, 2.45) is 0 Å². The van der Waals surface area contributed by atoms with E-state index in [1.165, 1.54) is 52.8 Å². The summed E-state index contributed by atoms with van der Waals surface area (Å²) >= 11 is 1.86. The quantitative estimate of drug-likeness (QED) is 0.205. The molecule has 2 heterocycles. The van der Waals surface area contributed by atoms with Crippen molar-refractivity contribution < 1.29 is 0 Å². The van der Waals surface area contributed by atoms with Gasteiger partial charge in [-0.25, -0.2) is 4.98 Å². The van der Waals surface area contributed by atoms with Gasteiger partial charge in [-0.3, -0.25) is 4.98 Å². The zero-order valence-electron chi connectivity index (χ0n) is 22.0. The van der Waals surface area contributed by atoms with Crippen LogP contribution >= 0.6 is 11.3 Å². The fraction of sp³-hybridized carbons (Fsp3) is 0. The number of benzene rings is 7. The lowest BCUT2D eigenvalue weighted by Crippen LogP contribution is -1.93. The Morgan fingerprint density at radius 2 is 0.976 bits per heavy atom. The van der Waals surface area contributed by atoms with E-state index >= 15 is 0 Å². The van der Waals surface area contributed by atoms with E-state index in [9.17, 15) is 0 Å². The Kier molecular flexibility index (Phi) is 4.80. The van der Waals surface area contributed by atoms with Crippen LogP contribution in [0.25, 0.3) is 85.9 Å². The Morgan fingerprint density at radius 1 is 0.415 bits per heavy atom. The van der Waals surface area contributed by atoms with E-state index in [1.54, 1.807) is 0 Å². The van der Waals surface area contributed by atoms with Crippen LogP contribution in [0.1, 0.15) is 0 Å². The standard InChI is InChI=1S/C38H22N2S/c1-2-10-26-25(9-1)24(23-17-20-36-33(21-23)30-13-7-8-16-35(30)41-36)18-19-29(26)34-22-39-37-31-14-5-3-11-27(31)28-12-4-6-15-32(28)38(37)40-34/h1-22H. The van der Waals surface area contributed by atoms with Crippen LogP contribution in [0.5, 0.6) is 0 Å². The highest BCUT2D eigenvalue weighted by atomic mass is 32.1. The molecule has 0 N–H and O–H groups in total. The monoisotopic (exact) mass is 538 g/mol. The van der Waals surface area contributed by atoms with Crippen LogP contribution < -0.4 is 0 Å². The van der Waals surface area contributed by atoms with Crippen LogP contribution in [0, 0.1) is 0 Å². The second kappa shape index (κ2) is 8.69. The molecule has 0 amide bonds. The Bertz CT molecular complexity index is 2450. The van der Waals surface area contributed by atoms with Gasteiger partial charge >= 0.3 is 0 Å². The van der Waals surface area contributed by atoms with E-state index < -0.39 is 0 Å². The first kappa shape index (κ1) is 22.7. The summed E-state index contributed by atoms with van der Waals surface area (Å²) in [5, 5.41) is 9.72. The van der Waals surface area contributed by atoms with Crippen LogP contribution in [0.2, 0.25) is 0 Å². The van der Waals surface area contributed by atoms with Gasteiger partial charge in [-0.1, -0.05) is 109 Å². The number of aromatic nitrogens is 2. The summed E-state index contributed by atoms with van der Waals surface area (Å²) in [5.41, 5.74) is 6.33. The van der Waals surface area contributed by atoms with Crippen LogP contribution in [0.3, 0.4) is 0 Å². The molecule has 9 aromatic rings. The highest BCUT2D eigenvalue weighted by Gasteiger charge is 2.15. The topological polar surface area (TPSA) is 25.8 Å². The fourth-order valence-electron chi connectivity index (χ4n) is 6.42. The number of hydrogen-bond acceptors (Lipinski definition) is 3. The van der Waals surface area contributed by atoms with Gasteiger partial charge in [-0.2, -0.15) is 0 Å². The molecular weight excluding hydrogens is 516 g/mol. The summed E-state index contributed by atoms with van der Waals surface area (Å²) in [7, 11) is 0. The Morgan fingerprint density at radius 3 is 1.73 bits per heavy atom. The molecule has 190 valence electrons. The first-order valence-corrected chi connectivity index (χ1v) is 14.7. The summed E-state index contributed by atoms with van der Waals surface area (Å²) in [6.45, 7) is 0. The van der Waals surface area contributed by atoms with Crippen molar-refractivity contribution >= 4 is 74.9 Å². The first-order valence-electron chi connectivity index (χ1n) is 13.8. The van der Waals surface area contributed by atoms with Gasteiger partial charge < -0.3 is 0 Å². The summed E-state index contributed by atoms with van der Waals surface area (Å²) in [6.07, 6.45) is 1.94. The molecule has 41 heavy (non-hydrogen) atoms. The third-order valence-corrected chi connectivity index (χ3v) is 9.47. The molecule has 0 spiro atoms. The van der Waals surface area contributed by atoms with E-state index in [-0.39, 0.29) is 0 Å². The van der Waals surface area contributed by atoms with Gasteiger partial charge in [0.1, 0.15) is 0 Å². The second-order valence-corrected chi connectivity index (χ2v) is 11.6. The molecule has 0 fully saturated rings. The molecule has 0 saturated heterocycles. The molecule has 0 aliphatic rings. The van der Waals surface area contributed by atoms with E-state index in [4.69, 9.17) is 9.97 Å². The minimum absolute atomic E-state index is 0.889. The summed E-state index contributed by atoms with van der Waals surface area (Å²) in [6, 6.07) is 45.7. The maximum absolute atomic E-state index is 5.28. The van der Waals surface area contributed by atoms with Gasteiger partial charge in [-0.05, 0) is 50.9 Å². The summed E-state index contributed by atoms with van der Waals surface area (Å²) in [4.78, 5) is 10.3. The van der Waals surface area contributed by atoms with Crippen molar-refractivity contribution in [3.05, 3.63) is 134 Å². The molecule has 2 aromatic heterocycles. The smallest absolute Gasteiger partial charge is 0.0979 e. The average molecular weight is 539 g/mol. The minimum Gasteiger partial charge on any atom is -0.252 e. The third-order valence-electron chi connectivity index (χ3n) is 8.31. The van der Waals surface area contributed by atoms with E-state index in [2.05, 4.69) is 127 Å². The van der Waals surface area contributed by atoms with Crippen molar-refractivity contribution in [3.63, 3.8) is 0 Å². The zero-order valence-corrected chi connectivity index (χ0v) is 22.8. The molecule has 2 nitrogen and oxygen atoms in total. The number of fused-ring (bicyclic) bond motifs is 10. The molecule has 0 atom stereocenters. The lowest BCUT2D eigenvalue weighted by atomic mass is 9.93. The molecule has 3 heteroatoms. The molecule has 0 aliphatic heterocycles. The molecular formula is C38H22N2S. The van der Waals surface area contributed by atoms with Gasteiger partial charge in [0.05, 0.1) is 22.9 Å². The molecule has 9 rings (SSSR count). The number of hydrogen-bond donors (Lipinski definition) is 0. The molecule has 0 radical (unpaired) electrons. The predicted octanol–water partition coefficient (Wildman–Crippen LogP) is 10.8. The molecule has 7 aromatic carbocycles. The Labute approximate surface area is 240 Å². The largest absolute Gasteiger partial charge is 0.252 e. The lowest BCUT2D eigenvalue weighted by Gasteiger charge is -2.13. The normalized spacial score (nSPS) is 11.9. The predicted molar refractivity (Wildman–Crippen MR) is 176 cm³/mol. The molecule has 0 aliphatic carbocycles. The van der Waals surface area contributed by atoms with E-state index in [0.29, 0.717) is 0 Å². The minimum atomic E-state index is 0.889. The summed E-state index contributed by atoms with van der Waals surface area (Å²) < 4.78 is 2.65. The van der Waals surface area contributed by atoms with Gasteiger partial charge in [0.15, 0.2) is 0 Å². The van der Waals surface area contributed by atoms with Crippen LogP contribution in [-0.2, 0) is 0 Å². The maximum atomic E-state index is 5.28. The number of thiophene rings is 1. The highest BCUT2D eigenvalue weighted by molar-refractivity contribution is 7.25. The van der Waals surface area contributed by atoms with Crippen LogP contribution in [-0.4, -0.2) is 9.97 Å². The third kappa shape index (κ3) is 3.36. The zero-order chi connectivity index (χ0) is 26.9. The van der Waals surface area contributed by atoms with Gasteiger partial charge in [0, 0.05) is 36.5 Å². The number of rotatable bonds is 2. The highest BCUT2D eigenvalue weighted by Crippen LogP contribution is 2.40. The van der Waals surface area contributed by atoms with Crippen molar-refractivity contribution in [1.29, 1.82) is 0 Å². The molecule has 0 saturated carbocycles. The average Bonchev–Trinajstić information content (AvgIpc) is 3.42. The van der Waals surface area contributed by atoms with Crippen molar-refractivity contribution in [3.8, 4) is 22.4 Å². The first-order chi connectivity index (χ1) is 20.3. The number of nitrogens with zero attached hydrogens (tertiary/aromatic N) is 2. The Hall–Kier alpha value is -5.12. The van der Waals surface area contributed by atoms with Crippen molar-refractivity contribution in [2.45, 2.75) is 0 Å². The van der Waals surface area contributed by atoms with Gasteiger partial charge in [0.25, 0.3) is 0 Å². The van der Waals surface area contributed by atoms with Gasteiger partial charge in [-0.15, -0.1) is 11.3 Å².